The minimum absolute atomic E-state index is 0.00369. The number of fused-ring (bicyclic) bond motifs is 1. The largest absolute Gasteiger partial charge is 0.488 e. The minimum atomic E-state index is -4.09. The molecule has 1 aromatic heterocycles. The number of rotatable bonds is 4. The highest BCUT2D eigenvalue weighted by Gasteiger charge is 2.46. The number of nitrogens with zero attached hydrogens (tertiary/aromatic N) is 2. The fourth-order valence-corrected chi connectivity index (χ4v) is 7.62. The Morgan fingerprint density at radius 2 is 2.00 bits per heavy atom. The van der Waals surface area contributed by atoms with Gasteiger partial charge in [-0.1, -0.05) is 12.1 Å². The summed E-state index contributed by atoms with van der Waals surface area (Å²) >= 11 is 0. The molecule has 2 N–H and O–H groups in total. The molecule has 0 aliphatic carbocycles. The quantitative estimate of drug-likeness (QED) is 0.587. The van der Waals surface area contributed by atoms with Gasteiger partial charge in [0.15, 0.2) is 11.4 Å². The number of amides is 1. The summed E-state index contributed by atoms with van der Waals surface area (Å²) in [6.45, 7) is 5.52. The van der Waals surface area contributed by atoms with Gasteiger partial charge in [0.1, 0.15) is 21.3 Å². The number of ether oxygens (including phenoxy) is 1. The molecule has 1 fully saturated rings. The molecule has 1 atom stereocenters. The molecular weight excluding hydrogens is 492 g/mol. The van der Waals surface area contributed by atoms with Gasteiger partial charge in [-0.15, -0.1) is 6.58 Å². The number of carbonyl (C=O) groups is 1. The van der Waals surface area contributed by atoms with E-state index in [-0.39, 0.29) is 47.3 Å². The van der Waals surface area contributed by atoms with E-state index in [1.807, 2.05) is 0 Å². The SMILES string of the molecule is C=CC1(C2COc3c(cn(C)c3C(=O)Nc3ccc(C)c(C#N)c3)S(=O)(=O)N2)CCS(=O)(=O)CC1. The van der Waals surface area contributed by atoms with Gasteiger partial charge in [0.2, 0.25) is 10.0 Å². The van der Waals surface area contributed by atoms with Crippen molar-refractivity contribution in [2.75, 3.05) is 23.4 Å². The molecule has 35 heavy (non-hydrogen) atoms. The van der Waals surface area contributed by atoms with Crippen molar-refractivity contribution < 1.29 is 26.4 Å². The van der Waals surface area contributed by atoms with Crippen LogP contribution in [0.1, 0.15) is 34.5 Å². The molecule has 2 aromatic rings. The topological polar surface area (TPSA) is 147 Å². The first-order valence-corrected chi connectivity index (χ1v) is 14.2. The van der Waals surface area contributed by atoms with Crippen LogP contribution in [0.15, 0.2) is 41.9 Å². The maximum absolute atomic E-state index is 13.3. The Bertz CT molecular complexity index is 1450. The third-order valence-corrected chi connectivity index (χ3v) is 9.89. The lowest BCUT2D eigenvalue weighted by Crippen LogP contribution is -2.52. The summed E-state index contributed by atoms with van der Waals surface area (Å²) in [6.07, 6.45) is 3.34. The monoisotopic (exact) mass is 518 g/mol. The molecule has 186 valence electrons. The van der Waals surface area contributed by atoms with E-state index >= 15 is 0 Å². The Labute approximate surface area is 204 Å². The summed E-state index contributed by atoms with van der Waals surface area (Å²) in [5.41, 5.74) is 0.750. The molecule has 1 amide bonds. The van der Waals surface area contributed by atoms with Gasteiger partial charge in [-0.05, 0) is 37.5 Å². The van der Waals surface area contributed by atoms with Crippen LogP contribution in [0.25, 0.3) is 0 Å². The summed E-state index contributed by atoms with van der Waals surface area (Å²) in [6, 6.07) is 6.19. The average molecular weight is 519 g/mol. The number of hydrogen-bond acceptors (Lipinski definition) is 7. The van der Waals surface area contributed by atoms with Crippen LogP contribution in [0.5, 0.6) is 5.75 Å². The van der Waals surface area contributed by atoms with Crippen LogP contribution in [-0.4, -0.2) is 51.5 Å². The molecule has 1 saturated heterocycles. The summed E-state index contributed by atoms with van der Waals surface area (Å²) in [4.78, 5) is 13.0. The highest BCUT2D eigenvalue weighted by molar-refractivity contribution is 7.91. The van der Waals surface area contributed by atoms with Gasteiger partial charge in [0, 0.05) is 24.3 Å². The van der Waals surface area contributed by atoms with Crippen molar-refractivity contribution in [3.63, 3.8) is 0 Å². The molecule has 1 aromatic carbocycles. The number of nitriles is 1. The summed E-state index contributed by atoms with van der Waals surface area (Å²) < 4.78 is 60.4. The van der Waals surface area contributed by atoms with Crippen LogP contribution in [0.2, 0.25) is 0 Å². The molecule has 0 spiro atoms. The van der Waals surface area contributed by atoms with Crippen molar-refractivity contribution in [1.29, 1.82) is 5.26 Å². The van der Waals surface area contributed by atoms with Crippen molar-refractivity contribution in [3.8, 4) is 11.8 Å². The van der Waals surface area contributed by atoms with Crippen molar-refractivity contribution >= 4 is 31.5 Å². The molecule has 10 nitrogen and oxygen atoms in total. The van der Waals surface area contributed by atoms with Crippen molar-refractivity contribution in [2.45, 2.75) is 30.7 Å². The molecule has 0 bridgehead atoms. The Morgan fingerprint density at radius 3 is 2.63 bits per heavy atom. The highest BCUT2D eigenvalue weighted by Crippen LogP contribution is 2.41. The van der Waals surface area contributed by atoms with E-state index in [4.69, 9.17) is 4.74 Å². The van der Waals surface area contributed by atoms with E-state index in [1.165, 1.54) is 23.9 Å². The molecule has 0 saturated carbocycles. The van der Waals surface area contributed by atoms with Crippen molar-refractivity contribution in [2.24, 2.45) is 12.5 Å². The number of aryl methyl sites for hydroxylation is 2. The highest BCUT2D eigenvalue weighted by atomic mass is 32.2. The summed E-state index contributed by atoms with van der Waals surface area (Å²) in [7, 11) is -5.75. The number of sulfonamides is 1. The molecule has 12 heteroatoms. The van der Waals surface area contributed by atoms with Crippen LogP contribution in [0, 0.1) is 23.7 Å². The van der Waals surface area contributed by atoms with Gasteiger partial charge < -0.3 is 14.6 Å². The zero-order valence-corrected chi connectivity index (χ0v) is 21.0. The lowest BCUT2D eigenvalue weighted by Gasteiger charge is -2.40. The molecule has 0 radical (unpaired) electrons. The smallest absolute Gasteiger partial charge is 0.276 e. The standard InChI is InChI=1S/C23H26N4O6S2/c1-4-23(7-9-34(29,30)10-8-23)19-14-33-21-18(35(31,32)26-19)13-27(3)20(21)22(28)25-17-6-5-15(2)16(11-17)12-24/h4-6,11,13,19,26H,1,7-10,14H2,2-3H3,(H,25,28). The van der Waals surface area contributed by atoms with Crippen LogP contribution >= 0.6 is 0 Å². The lowest BCUT2D eigenvalue weighted by molar-refractivity contribution is 0.101. The Morgan fingerprint density at radius 1 is 1.31 bits per heavy atom. The van der Waals surface area contributed by atoms with Crippen LogP contribution < -0.4 is 14.8 Å². The van der Waals surface area contributed by atoms with Crippen LogP contribution in [-0.2, 0) is 26.9 Å². The van der Waals surface area contributed by atoms with Gasteiger partial charge in [0.25, 0.3) is 5.91 Å². The van der Waals surface area contributed by atoms with E-state index < -0.39 is 37.2 Å². The molecular formula is C23H26N4O6S2. The van der Waals surface area contributed by atoms with Crippen LogP contribution in [0.3, 0.4) is 0 Å². The number of carbonyl (C=O) groups excluding carboxylic acids is 1. The Balaban J connectivity index is 1.66. The van der Waals surface area contributed by atoms with E-state index in [0.717, 1.165) is 5.56 Å². The van der Waals surface area contributed by atoms with Gasteiger partial charge in [-0.2, -0.15) is 5.26 Å². The van der Waals surface area contributed by atoms with Gasteiger partial charge in [-0.3, -0.25) is 4.79 Å². The fourth-order valence-electron chi connectivity index (χ4n) is 4.53. The fraction of sp³-hybridized carbons (Fsp3) is 0.391. The van der Waals surface area contributed by atoms with Crippen LogP contribution in [0.4, 0.5) is 5.69 Å². The molecule has 3 heterocycles. The number of benzene rings is 1. The van der Waals surface area contributed by atoms with Gasteiger partial charge in [-0.25, -0.2) is 21.6 Å². The maximum atomic E-state index is 13.3. The molecule has 2 aliphatic heterocycles. The second-order valence-electron chi connectivity index (χ2n) is 8.95. The van der Waals surface area contributed by atoms with E-state index in [1.54, 1.807) is 25.1 Å². The predicted octanol–water partition coefficient (Wildman–Crippen LogP) is 1.88. The van der Waals surface area contributed by atoms with Crippen molar-refractivity contribution in [1.82, 2.24) is 9.29 Å². The zero-order chi connectivity index (χ0) is 25.6. The van der Waals surface area contributed by atoms with E-state index in [0.29, 0.717) is 11.3 Å². The predicted molar refractivity (Wildman–Crippen MR) is 129 cm³/mol. The summed E-state index contributed by atoms with van der Waals surface area (Å²) in [5.74, 6) is -0.826. The first-order valence-electron chi connectivity index (χ1n) is 10.9. The maximum Gasteiger partial charge on any atom is 0.276 e. The van der Waals surface area contributed by atoms with Crippen molar-refractivity contribution in [3.05, 3.63) is 53.9 Å². The Hall–Kier alpha value is -3.14. The number of aromatic nitrogens is 1. The third kappa shape index (κ3) is 4.59. The first kappa shape index (κ1) is 25.0. The number of sulfone groups is 1. The second-order valence-corrected chi connectivity index (χ2v) is 12.9. The van der Waals surface area contributed by atoms with E-state index in [9.17, 15) is 26.9 Å². The number of nitrogens with one attached hydrogen (secondary N) is 2. The molecule has 2 aliphatic rings. The average Bonchev–Trinajstić information content (AvgIpc) is 3.09. The normalized spacial score (nSPS) is 22.0. The number of anilines is 1. The van der Waals surface area contributed by atoms with E-state index in [2.05, 4.69) is 22.7 Å². The summed E-state index contributed by atoms with van der Waals surface area (Å²) in [5, 5.41) is 12.0. The third-order valence-electron chi connectivity index (χ3n) is 6.77. The second kappa shape index (κ2) is 8.82. The first-order chi connectivity index (χ1) is 16.4. The molecule has 1 unspecified atom stereocenters. The van der Waals surface area contributed by atoms with Gasteiger partial charge in [0.05, 0.1) is 29.2 Å². The minimum Gasteiger partial charge on any atom is -0.488 e. The molecule has 4 rings (SSSR count). The Kier molecular flexibility index (Phi) is 6.29. The van der Waals surface area contributed by atoms with Gasteiger partial charge >= 0.3 is 0 Å². The number of hydrogen-bond donors (Lipinski definition) is 2. The lowest BCUT2D eigenvalue weighted by atomic mass is 9.76. The zero-order valence-electron chi connectivity index (χ0n) is 19.4.